The third kappa shape index (κ3) is 2.95. The average Bonchev–Trinajstić information content (AvgIpc) is 2.00. The van der Waals surface area contributed by atoms with Crippen molar-refractivity contribution in [3.8, 4) is 0 Å². The lowest BCUT2D eigenvalue weighted by Crippen LogP contribution is -2.50. The van der Waals surface area contributed by atoms with Crippen molar-refractivity contribution >= 4 is 6.29 Å². The molecule has 0 fully saturated rings. The van der Waals surface area contributed by atoms with E-state index in [0.29, 0.717) is 12.7 Å². The number of halogens is 1. The summed E-state index contributed by atoms with van der Waals surface area (Å²) in [6, 6.07) is 0. The van der Waals surface area contributed by atoms with Gasteiger partial charge in [-0.25, -0.2) is 0 Å². The summed E-state index contributed by atoms with van der Waals surface area (Å²) in [6.45, 7) is 3.81. The number of rotatable bonds is 5. The number of aldehydes is 1. The van der Waals surface area contributed by atoms with Crippen LogP contribution in [0.3, 0.4) is 0 Å². The third-order valence-corrected chi connectivity index (χ3v) is 1.55. The standard InChI is InChI=1S/C7H15FN2O/c1-6(2)3-7(4-9,5-11)10-8/h5-6,10H,3-4,9H2,1-2H3. The van der Waals surface area contributed by atoms with Gasteiger partial charge >= 0.3 is 0 Å². The van der Waals surface area contributed by atoms with Crippen molar-refractivity contribution in [1.29, 1.82) is 0 Å². The van der Waals surface area contributed by atoms with Gasteiger partial charge in [0.1, 0.15) is 11.8 Å². The molecule has 66 valence electrons. The Kier molecular flexibility index (Phi) is 4.22. The molecule has 0 bridgehead atoms. The van der Waals surface area contributed by atoms with E-state index in [9.17, 15) is 9.28 Å². The van der Waals surface area contributed by atoms with Gasteiger partial charge in [-0.2, -0.15) is 0 Å². The van der Waals surface area contributed by atoms with Gasteiger partial charge in [0.2, 0.25) is 0 Å². The fraction of sp³-hybridized carbons (Fsp3) is 0.857. The average molecular weight is 162 g/mol. The predicted molar refractivity (Wildman–Crippen MR) is 41.5 cm³/mol. The minimum absolute atomic E-state index is 0.00875. The van der Waals surface area contributed by atoms with Crippen molar-refractivity contribution in [2.45, 2.75) is 25.8 Å². The van der Waals surface area contributed by atoms with Crippen LogP contribution in [0.1, 0.15) is 20.3 Å². The van der Waals surface area contributed by atoms with Crippen LogP contribution in [0.2, 0.25) is 0 Å². The fourth-order valence-electron chi connectivity index (χ4n) is 1.01. The maximum atomic E-state index is 12.1. The zero-order chi connectivity index (χ0) is 8.91. The molecule has 0 aromatic rings. The Bertz CT molecular complexity index is 124. The smallest absolute Gasteiger partial charge is 0.143 e. The summed E-state index contributed by atoms with van der Waals surface area (Å²) < 4.78 is 12.1. The molecule has 0 amide bonds. The second-order valence-corrected chi connectivity index (χ2v) is 3.17. The fourth-order valence-corrected chi connectivity index (χ4v) is 1.01. The van der Waals surface area contributed by atoms with Gasteiger partial charge in [-0.3, -0.25) is 0 Å². The van der Waals surface area contributed by atoms with Crippen LogP contribution in [-0.2, 0) is 4.79 Å². The molecule has 1 unspecified atom stereocenters. The summed E-state index contributed by atoms with van der Waals surface area (Å²) in [7, 11) is 0. The van der Waals surface area contributed by atoms with Crippen LogP contribution in [-0.4, -0.2) is 18.4 Å². The summed E-state index contributed by atoms with van der Waals surface area (Å²) in [5.41, 5.74) is 5.52. The van der Waals surface area contributed by atoms with Crippen LogP contribution >= 0.6 is 0 Å². The van der Waals surface area contributed by atoms with Gasteiger partial charge < -0.3 is 10.5 Å². The molecule has 0 aliphatic rings. The van der Waals surface area contributed by atoms with Crippen molar-refractivity contribution < 1.29 is 9.28 Å². The molecule has 0 radical (unpaired) electrons. The molecule has 3 N–H and O–H groups in total. The summed E-state index contributed by atoms with van der Waals surface area (Å²) in [5, 5.41) is 0. The molecule has 11 heavy (non-hydrogen) atoms. The van der Waals surface area contributed by atoms with E-state index in [2.05, 4.69) is 0 Å². The van der Waals surface area contributed by atoms with Crippen LogP contribution < -0.4 is 11.3 Å². The molecule has 0 spiro atoms. The lowest BCUT2D eigenvalue weighted by molar-refractivity contribution is -0.115. The minimum Gasteiger partial charge on any atom is -0.328 e. The SMILES string of the molecule is CC(C)CC(C=O)(CN)NF. The molecule has 0 aromatic heterocycles. The zero-order valence-corrected chi connectivity index (χ0v) is 6.93. The maximum Gasteiger partial charge on any atom is 0.143 e. The van der Waals surface area contributed by atoms with Crippen molar-refractivity contribution in [3.05, 3.63) is 0 Å². The van der Waals surface area contributed by atoms with E-state index in [0.717, 1.165) is 0 Å². The van der Waals surface area contributed by atoms with Gasteiger partial charge in [0.25, 0.3) is 0 Å². The Labute approximate surface area is 66.1 Å². The molecule has 0 aliphatic heterocycles. The van der Waals surface area contributed by atoms with Gasteiger partial charge in [0.15, 0.2) is 0 Å². The molecule has 3 nitrogen and oxygen atoms in total. The Morgan fingerprint density at radius 3 is 2.36 bits per heavy atom. The van der Waals surface area contributed by atoms with Gasteiger partial charge in [0.05, 0.1) is 0 Å². The van der Waals surface area contributed by atoms with E-state index in [1.165, 1.54) is 5.54 Å². The molecule has 0 saturated carbocycles. The minimum atomic E-state index is -1.17. The highest BCUT2D eigenvalue weighted by Crippen LogP contribution is 2.13. The first-order valence-corrected chi connectivity index (χ1v) is 3.64. The zero-order valence-electron chi connectivity index (χ0n) is 6.93. The molecular formula is C7H15FN2O. The third-order valence-electron chi connectivity index (χ3n) is 1.55. The van der Waals surface area contributed by atoms with Gasteiger partial charge in [-0.15, -0.1) is 10.0 Å². The normalized spacial score (nSPS) is 16.5. The lowest BCUT2D eigenvalue weighted by atomic mass is 9.91. The van der Waals surface area contributed by atoms with E-state index in [4.69, 9.17) is 5.73 Å². The van der Waals surface area contributed by atoms with Crippen molar-refractivity contribution in [2.24, 2.45) is 11.7 Å². The molecule has 0 saturated heterocycles. The molecule has 0 aliphatic carbocycles. The van der Waals surface area contributed by atoms with E-state index in [-0.39, 0.29) is 12.5 Å². The highest BCUT2D eigenvalue weighted by molar-refractivity contribution is 5.64. The van der Waals surface area contributed by atoms with Crippen LogP contribution in [0, 0.1) is 5.92 Å². The van der Waals surface area contributed by atoms with Crippen LogP contribution in [0.15, 0.2) is 0 Å². The number of nitrogens with two attached hydrogens (primary N) is 1. The molecule has 0 heterocycles. The summed E-state index contributed by atoms with van der Waals surface area (Å²) >= 11 is 0. The monoisotopic (exact) mass is 162 g/mol. The van der Waals surface area contributed by atoms with E-state index in [1.807, 2.05) is 13.8 Å². The molecular weight excluding hydrogens is 147 g/mol. The number of carbonyl (C=O) groups excluding carboxylic acids is 1. The Morgan fingerprint density at radius 1 is 1.73 bits per heavy atom. The topological polar surface area (TPSA) is 55.1 Å². The molecule has 0 rings (SSSR count). The highest BCUT2D eigenvalue weighted by atomic mass is 19.2. The lowest BCUT2D eigenvalue weighted by Gasteiger charge is -2.24. The summed E-state index contributed by atoms with van der Waals surface area (Å²) in [5.74, 6) is 0.243. The Hall–Kier alpha value is -0.480. The molecule has 4 heteroatoms. The molecule has 1 atom stereocenters. The van der Waals surface area contributed by atoms with Crippen molar-refractivity contribution in [2.75, 3.05) is 6.54 Å². The second-order valence-electron chi connectivity index (χ2n) is 3.17. The van der Waals surface area contributed by atoms with Crippen LogP contribution in [0.5, 0.6) is 0 Å². The first kappa shape index (κ1) is 10.5. The first-order chi connectivity index (χ1) is 5.10. The predicted octanol–water partition coefficient (Wildman–Crippen LogP) is 0.403. The number of carbonyl (C=O) groups is 1. The van der Waals surface area contributed by atoms with Crippen LogP contribution in [0.4, 0.5) is 4.48 Å². The van der Waals surface area contributed by atoms with Gasteiger partial charge in [-0.05, 0) is 12.3 Å². The van der Waals surface area contributed by atoms with E-state index >= 15 is 0 Å². The quantitative estimate of drug-likeness (QED) is 0.454. The van der Waals surface area contributed by atoms with Gasteiger partial charge in [-0.1, -0.05) is 13.8 Å². The van der Waals surface area contributed by atoms with E-state index in [1.54, 1.807) is 0 Å². The van der Waals surface area contributed by atoms with Crippen molar-refractivity contribution in [3.63, 3.8) is 0 Å². The first-order valence-electron chi connectivity index (χ1n) is 3.64. The largest absolute Gasteiger partial charge is 0.328 e. The van der Waals surface area contributed by atoms with Crippen molar-refractivity contribution in [1.82, 2.24) is 5.54 Å². The maximum absolute atomic E-state index is 12.1. The summed E-state index contributed by atoms with van der Waals surface area (Å²) in [4.78, 5) is 10.4. The van der Waals surface area contributed by atoms with Gasteiger partial charge in [0, 0.05) is 6.54 Å². The Morgan fingerprint density at radius 2 is 2.27 bits per heavy atom. The van der Waals surface area contributed by atoms with Crippen LogP contribution in [0.25, 0.3) is 0 Å². The van der Waals surface area contributed by atoms with E-state index < -0.39 is 5.54 Å². The Balaban J connectivity index is 4.16. The summed E-state index contributed by atoms with van der Waals surface area (Å²) in [6.07, 6.45) is 0.955. The number of hydrogen-bond acceptors (Lipinski definition) is 3. The second kappa shape index (κ2) is 4.41. The number of nitrogens with one attached hydrogen (secondary N) is 1. The highest BCUT2D eigenvalue weighted by Gasteiger charge is 2.28. The number of hydrogen-bond donors (Lipinski definition) is 2. The molecule has 0 aromatic carbocycles.